The molecule has 1 nitrogen and oxygen atoms in total. The summed E-state index contributed by atoms with van der Waals surface area (Å²) >= 11 is 0. The summed E-state index contributed by atoms with van der Waals surface area (Å²) in [6.45, 7) is 2.06. The van der Waals surface area contributed by atoms with Crippen LogP contribution in [0.1, 0.15) is 25.3 Å². The van der Waals surface area contributed by atoms with Gasteiger partial charge in [0.2, 0.25) is 0 Å². The van der Waals surface area contributed by atoms with Crippen molar-refractivity contribution in [2.24, 2.45) is 0 Å². The van der Waals surface area contributed by atoms with E-state index < -0.39 is 6.36 Å². The minimum Gasteiger partial charge on any atom is -0.406 e. The third kappa shape index (κ3) is 6.00. The Labute approximate surface area is 98.9 Å². The predicted octanol–water partition coefficient (Wildman–Crippen LogP) is 4.48. The van der Waals surface area contributed by atoms with E-state index in [9.17, 15) is 13.2 Å². The third-order valence-electron chi connectivity index (χ3n) is 2.16. The molecule has 0 amide bonds. The number of rotatable bonds is 5. The quantitative estimate of drug-likeness (QED) is 0.694. The number of hydrogen-bond donors (Lipinski definition) is 0. The first-order chi connectivity index (χ1) is 8.01. The van der Waals surface area contributed by atoms with Gasteiger partial charge in [0.25, 0.3) is 0 Å². The number of benzene rings is 1. The summed E-state index contributed by atoms with van der Waals surface area (Å²) in [6, 6.07) is 5.99. The van der Waals surface area contributed by atoms with E-state index in [2.05, 4.69) is 23.8 Å². The molecule has 0 atom stereocenters. The Bertz CT molecular complexity index is 352. The van der Waals surface area contributed by atoms with Crippen LogP contribution >= 0.6 is 0 Å². The number of allylic oxidation sites excluding steroid dienone is 2. The number of ether oxygens (including phenoxy) is 1. The predicted molar refractivity (Wildman–Crippen MR) is 60.9 cm³/mol. The summed E-state index contributed by atoms with van der Waals surface area (Å²) in [5.74, 6) is -0.176. The van der Waals surface area contributed by atoms with Crippen LogP contribution in [0.15, 0.2) is 36.4 Å². The Hall–Kier alpha value is -1.45. The molecule has 0 saturated heterocycles. The molecule has 0 aliphatic heterocycles. The molecule has 0 radical (unpaired) electrons. The molecule has 17 heavy (non-hydrogen) atoms. The van der Waals surface area contributed by atoms with Gasteiger partial charge in [-0.1, -0.05) is 31.2 Å². The van der Waals surface area contributed by atoms with E-state index in [1.807, 2.05) is 0 Å². The molecule has 0 saturated carbocycles. The Morgan fingerprint density at radius 1 is 1.12 bits per heavy atom. The smallest absolute Gasteiger partial charge is 0.406 e. The Balaban J connectivity index is 2.47. The standard InChI is InChI=1S/C13H15F3O/c1-2-3-4-5-6-11-7-9-12(10-8-11)17-13(14,15)16/h3-4,7-10H,2,5-6H2,1H3/b4-3-. The van der Waals surface area contributed by atoms with E-state index in [-0.39, 0.29) is 5.75 Å². The van der Waals surface area contributed by atoms with Crippen molar-refractivity contribution in [3.05, 3.63) is 42.0 Å². The van der Waals surface area contributed by atoms with Gasteiger partial charge >= 0.3 is 6.36 Å². The van der Waals surface area contributed by atoms with Gasteiger partial charge in [0, 0.05) is 0 Å². The van der Waals surface area contributed by atoms with Gasteiger partial charge in [-0.15, -0.1) is 13.2 Å². The molecule has 0 aliphatic carbocycles. The molecule has 0 aromatic heterocycles. The van der Waals surface area contributed by atoms with Crippen molar-refractivity contribution in [3.63, 3.8) is 0 Å². The lowest BCUT2D eigenvalue weighted by Crippen LogP contribution is -2.17. The van der Waals surface area contributed by atoms with Gasteiger partial charge in [0.05, 0.1) is 0 Å². The molecule has 0 heterocycles. The normalized spacial score (nSPS) is 12.0. The summed E-state index contributed by atoms with van der Waals surface area (Å²) in [6.07, 6.45) is 2.24. The molecule has 1 rings (SSSR count). The fourth-order valence-electron chi connectivity index (χ4n) is 1.39. The molecular formula is C13H15F3O. The van der Waals surface area contributed by atoms with Crippen LogP contribution in [-0.2, 0) is 6.42 Å². The highest BCUT2D eigenvalue weighted by molar-refractivity contribution is 5.27. The molecule has 0 unspecified atom stereocenters. The monoisotopic (exact) mass is 244 g/mol. The van der Waals surface area contributed by atoms with Gasteiger partial charge in [0.1, 0.15) is 5.75 Å². The summed E-state index contributed by atoms with van der Waals surface area (Å²) in [5, 5.41) is 0. The van der Waals surface area contributed by atoms with E-state index in [0.29, 0.717) is 0 Å². The zero-order chi connectivity index (χ0) is 12.7. The Morgan fingerprint density at radius 3 is 2.29 bits per heavy atom. The molecule has 4 heteroatoms. The number of hydrogen-bond acceptors (Lipinski definition) is 1. The van der Waals surface area contributed by atoms with Crippen molar-refractivity contribution in [1.82, 2.24) is 0 Å². The zero-order valence-corrected chi connectivity index (χ0v) is 9.63. The van der Waals surface area contributed by atoms with Gasteiger partial charge in [-0.3, -0.25) is 0 Å². The largest absolute Gasteiger partial charge is 0.573 e. The molecule has 0 aliphatic rings. The van der Waals surface area contributed by atoms with Crippen LogP contribution < -0.4 is 4.74 Å². The van der Waals surface area contributed by atoms with Crippen LogP contribution in [-0.4, -0.2) is 6.36 Å². The van der Waals surface area contributed by atoms with E-state index in [1.54, 1.807) is 12.1 Å². The van der Waals surface area contributed by atoms with E-state index in [1.165, 1.54) is 12.1 Å². The van der Waals surface area contributed by atoms with Crippen LogP contribution in [0.5, 0.6) is 5.75 Å². The highest BCUT2D eigenvalue weighted by Gasteiger charge is 2.30. The van der Waals surface area contributed by atoms with Crippen LogP contribution in [0.4, 0.5) is 13.2 Å². The van der Waals surface area contributed by atoms with Crippen molar-refractivity contribution in [3.8, 4) is 5.75 Å². The van der Waals surface area contributed by atoms with Crippen LogP contribution in [0, 0.1) is 0 Å². The first-order valence-corrected chi connectivity index (χ1v) is 5.51. The van der Waals surface area contributed by atoms with Gasteiger partial charge in [0.15, 0.2) is 0 Å². The fourth-order valence-corrected chi connectivity index (χ4v) is 1.39. The topological polar surface area (TPSA) is 9.23 Å². The first-order valence-electron chi connectivity index (χ1n) is 5.51. The molecular weight excluding hydrogens is 229 g/mol. The lowest BCUT2D eigenvalue weighted by molar-refractivity contribution is -0.274. The SMILES string of the molecule is CC/C=C\CCc1ccc(OC(F)(F)F)cc1. The molecule has 1 aromatic rings. The second-order valence-electron chi connectivity index (χ2n) is 3.61. The van der Waals surface area contributed by atoms with Crippen molar-refractivity contribution in [2.75, 3.05) is 0 Å². The van der Waals surface area contributed by atoms with Gasteiger partial charge < -0.3 is 4.74 Å². The maximum atomic E-state index is 11.9. The molecule has 0 bridgehead atoms. The Kier molecular flexibility index (Phi) is 5.07. The second-order valence-corrected chi connectivity index (χ2v) is 3.61. The lowest BCUT2D eigenvalue weighted by atomic mass is 10.1. The molecule has 0 spiro atoms. The number of aryl methyl sites for hydroxylation is 1. The third-order valence-corrected chi connectivity index (χ3v) is 2.16. The maximum Gasteiger partial charge on any atom is 0.573 e. The van der Waals surface area contributed by atoms with Gasteiger partial charge in [-0.2, -0.15) is 0 Å². The summed E-state index contributed by atoms with van der Waals surface area (Å²) in [5.41, 5.74) is 1.00. The molecule has 1 aromatic carbocycles. The Morgan fingerprint density at radius 2 is 1.76 bits per heavy atom. The first kappa shape index (κ1) is 13.6. The van der Waals surface area contributed by atoms with Crippen LogP contribution in [0.25, 0.3) is 0 Å². The number of halogens is 3. The minimum absolute atomic E-state index is 0.176. The zero-order valence-electron chi connectivity index (χ0n) is 9.63. The summed E-state index contributed by atoms with van der Waals surface area (Å²) < 4.78 is 39.5. The van der Waals surface area contributed by atoms with Crippen LogP contribution in [0.3, 0.4) is 0 Å². The van der Waals surface area contributed by atoms with Crippen molar-refractivity contribution in [1.29, 1.82) is 0 Å². The maximum absolute atomic E-state index is 11.9. The average Bonchev–Trinajstić information content (AvgIpc) is 2.25. The second kappa shape index (κ2) is 6.33. The average molecular weight is 244 g/mol. The van der Waals surface area contributed by atoms with Crippen molar-refractivity contribution < 1.29 is 17.9 Å². The van der Waals surface area contributed by atoms with Gasteiger partial charge in [-0.25, -0.2) is 0 Å². The lowest BCUT2D eigenvalue weighted by Gasteiger charge is -2.08. The highest BCUT2D eigenvalue weighted by atomic mass is 19.4. The summed E-state index contributed by atoms with van der Waals surface area (Å²) in [4.78, 5) is 0. The van der Waals surface area contributed by atoms with E-state index in [0.717, 1.165) is 24.8 Å². The van der Waals surface area contributed by atoms with E-state index in [4.69, 9.17) is 0 Å². The fraction of sp³-hybridized carbons (Fsp3) is 0.385. The molecule has 0 fully saturated rings. The van der Waals surface area contributed by atoms with Crippen molar-refractivity contribution >= 4 is 0 Å². The van der Waals surface area contributed by atoms with Crippen molar-refractivity contribution in [2.45, 2.75) is 32.5 Å². The molecule has 94 valence electrons. The minimum atomic E-state index is -4.62. The highest BCUT2D eigenvalue weighted by Crippen LogP contribution is 2.22. The number of alkyl halides is 3. The van der Waals surface area contributed by atoms with Crippen LogP contribution in [0.2, 0.25) is 0 Å². The summed E-state index contributed by atoms with van der Waals surface area (Å²) in [7, 11) is 0. The van der Waals surface area contributed by atoms with E-state index >= 15 is 0 Å². The molecule has 0 N–H and O–H groups in total. The van der Waals surface area contributed by atoms with Gasteiger partial charge in [-0.05, 0) is 37.0 Å².